The summed E-state index contributed by atoms with van der Waals surface area (Å²) in [5.41, 5.74) is -0.0529. The zero-order valence-corrected chi connectivity index (χ0v) is 29.9. The minimum absolute atomic E-state index is 0.0116. The van der Waals surface area contributed by atoms with E-state index in [1.54, 1.807) is 0 Å². The molecule has 7 heteroatoms. The first kappa shape index (κ1) is 33.1. The van der Waals surface area contributed by atoms with Gasteiger partial charge < -0.3 is 23.7 Å². The number of ether oxygens (including phenoxy) is 5. The highest BCUT2D eigenvalue weighted by molar-refractivity contribution is 5.99. The molecule has 5 fully saturated rings. The van der Waals surface area contributed by atoms with Crippen LogP contribution in [0, 0.1) is 56.2 Å². The first-order valence-electron chi connectivity index (χ1n) is 17.4. The van der Waals surface area contributed by atoms with Gasteiger partial charge in [-0.1, -0.05) is 83.1 Å². The van der Waals surface area contributed by atoms with Crippen molar-refractivity contribution in [1.29, 1.82) is 0 Å². The Morgan fingerprint density at radius 2 is 1.02 bits per heavy atom. The molecule has 0 aromatic heterocycles. The number of carbonyl (C=O) groups excluding carboxylic acids is 2. The van der Waals surface area contributed by atoms with Gasteiger partial charge in [0.25, 0.3) is 0 Å². The predicted octanol–water partition coefficient (Wildman–Crippen LogP) is 7.63. The molecule has 0 aromatic carbocycles. The fourth-order valence-corrected chi connectivity index (χ4v) is 9.93. The Bertz CT molecular complexity index is 1200. The van der Waals surface area contributed by atoms with Crippen LogP contribution in [-0.2, 0) is 33.3 Å². The van der Waals surface area contributed by atoms with Crippen molar-refractivity contribution in [3.63, 3.8) is 0 Å². The second-order valence-corrected chi connectivity index (χ2v) is 19.2. The highest BCUT2D eigenvalue weighted by Crippen LogP contribution is 2.69. The minimum atomic E-state index is -0.855. The maximum absolute atomic E-state index is 13.3. The van der Waals surface area contributed by atoms with E-state index in [-0.39, 0.29) is 68.7 Å². The highest BCUT2D eigenvalue weighted by Gasteiger charge is 2.70. The van der Waals surface area contributed by atoms with Crippen LogP contribution in [0.25, 0.3) is 0 Å². The van der Waals surface area contributed by atoms with Gasteiger partial charge >= 0.3 is 11.9 Å². The average molecular weight is 627 g/mol. The Balaban J connectivity index is 1.30. The third-order valence-electron chi connectivity index (χ3n) is 13.4. The molecule has 6 aliphatic rings. The van der Waals surface area contributed by atoms with Crippen molar-refractivity contribution >= 4 is 11.9 Å². The summed E-state index contributed by atoms with van der Waals surface area (Å²) in [6.07, 6.45) is 7.31. The van der Waals surface area contributed by atoms with Gasteiger partial charge in [0.05, 0.1) is 13.2 Å². The molecule has 10 atom stereocenters. The van der Waals surface area contributed by atoms with Gasteiger partial charge in [-0.3, -0.25) is 9.59 Å². The quantitative estimate of drug-likeness (QED) is 0.202. The molecule has 4 saturated carbocycles. The lowest BCUT2D eigenvalue weighted by Crippen LogP contribution is -2.45. The Morgan fingerprint density at radius 3 is 1.36 bits per heavy atom. The maximum Gasteiger partial charge on any atom is 0.325 e. The smallest absolute Gasteiger partial charge is 0.325 e. The summed E-state index contributed by atoms with van der Waals surface area (Å²) in [5, 5.41) is 0. The molecule has 1 heterocycles. The van der Waals surface area contributed by atoms with Crippen LogP contribution in [0.15, 0.2) is 23.7 Å². The third-order valence-corrected chi connectivity index (χ3v) is 13.4. The van der Waals surface area contributed by atoms with Crippen molar-refractivity contribution in [3.05, 3.63) is 23.7 Å². The van der Waals surface area contributed by atoms with Crippen molar-refractivity contribution in [2.24, 2.45) is 56.2 Å². The molecule has 45 heavy (non-hydrogen) atoms. The van der Waals surface area contributed by atoms with Crippen molar-refractivity contribution in [1.82, 2.24) is 0 Å². The van der Waals surface area contributed by atoms with Gasteiger partial charge in [-0.25, -0.2) is 0 Å². The molecule has 4 bridgehead atoms. The van der Waals surface area contributed by atoms with Crippen LogP contribution >= 0.6 is 0 Å². The van der Waals surface area contributed by atoms with E-state index in [2.05, 4.69) is 83.1 Å². The van der Waals surface area contributed by atoms with Crippen LogP contribution in [-0.4, -0.2) is 49.6 Å². The van der Waals surface area contributed by atoms with E-state index in [9.17, 15) is 9.59 Å². The second-order valence-electron chi connectivity index (χ2n) is 19.2. The molecule has 252 valence electrons. The molecular weight excluding hydrogens is 568 g/mol. The molecule has 7 nitrogen and oxygen atoms in total. The average Bonchev–Trinajstić information content (AvgIpc) is 3.51. The van der Waals surface area contributed by atoms with Gasteiger partial charge in [-0.05, 0) is 59.5 Å². The SMILES string of the molecule is CC(C)(C)COC1C(OC2=CC=C(OC3C(OCC(C)(C)C)[C@]4(C)CC[C@@H]3C4(C)C)[C@@H]3C(=O)OC(=O)[C@H]23)[C@@H]2CC[C@]1(C)C2(C)C. The van der Waals surface area contributed by atoms with Crippen LogP contribution in [0.4, 0.5) is 0 Å². The summed E-state index contributed by atoms with van der Waals surface area (Å²) in [4.78, 5) is 26.7. The first-order chi connectivity index (χ1) is 20.6. The zero-order chi connectivity index (χ0) is 33.1. The fraction of sp³-hybridized carbons (Fsp3) is 0.842. The lowest BCUT2D eigenvalue weighted by atomic mass is 9.70. The molecule has 0 radical (unpaired) electrons. The minimum Gasteiger partial charge on any atom is -0.491 e. The Morgan fingerprint density at radius 1 is 0.667 bits per heavy atom. The normalized spacial score (nSPS) is 42.8. The number of carbonyl (C=O) groups is 2. The molecule has 1 aliphatic heterocycles. The summed E-state index contributed by atoms with van der Waals surface area (Å²) < 4.78 is 32.4. The molecule has 6 rings (SSSR count). The summed E-state index contributed by atoms with van der Waals surface area (Å²) >= 11 is 0. The number of hydrogen-bond acceptors (Lipinski definition) is 7. The standard InChI is InChI=1S/C38H58O7/c1-33(2,3)19-41-29-27(21-15-17-37(29,11)35(21,7)8)43-23-13-14-24(26-25(23)31(39)45-32(26)40)44-28-22-16-18-38(12,36(22,9)10)30(28)42-20-34(4,5)6/h13-14,21-22,25-30H,15-20H2,1-12H3/t21-,22-,25-,26+,27?,28?,29?,30?,37-,38-/m0/s1. The number of cyclic esters (lactones) is 2. The molecule has 1 saturated heterocycles. The number of hydrogen-bond donors (Lipinski definition) is 0. The van der Waals surface area contributed by atoms with Gasteiger partial charge in [0.1, 0.15) is 47.8 Å². The Labute approximate surface area is 271 Å². The number of allylic oxidation sites excluding steroid dienone is 2. The van der Waals surface area contributed by atoms with E-state index in [0.717, 1.165) is 25.7 Å². The predicted molar refractivity (Wildman–Crippen MR) is 172 cm³/mol. The first-order valence-corrected chi connectivity index (χ1v) is 17.4. The Kier molecular flexibility index (Phi) is 7.58. The zero-order valence-electron chi connectivity index (χ0n) is 29.9. The topological polar surface area (TPSA) is 80.3 Å². The number of esters is 2. The van der Waals surface area contributed by atoms with Crippen LogP contribution in [0.1, 0.15) is 109 Å². The summed E-state index contributed by atoms with van der Waals surface area (Å²) in [6, 6.07) is 0. The monoisotopic (exact) mass is 626 g/mol. The van der Waals surface area contributed by atoms with Crippen molar-refractivity contribution < 1.29 is 33.3 Å². The van der Waals surface area contributed by atoms with Gasteiger partial charge in [-0.2, -0.15) is 0 Å². The molecule has 4 unspecified atom stereocenters. The van der Waals surface area contributed by atoms with E-state index in [1.165, 1.54) is 0 Å². The molecule has 0 aromatic rings. The van der Waals surface area contributed by atoms with E-state index in [1.807, 2.05) is 12.2 Å². The summed E-state index contributed by atoms with van der Waals surface area (Å²) in [7, 11) is 0. The molecule has 0 N–H and O–H groups in total. The summed E-state index contributed by atoms with van der Waals surface area (Å²) in [6.45, 7) is 28.3. The Hall–Kier alpha value is -1.86. The van der Waals surface area contributed by atoms with Gasteiger partial charge in [0.2, 0.25) is 0 Å². The van der Waals surface area contributed by atoms with Gasteiger partial charge in [0, 0.05) is 22.7 Å². The van der Waals surface area contributed by atoms with Crippen molar-refractivity contribution in [2.75, 3.05) is 13.2 Å². The van der Waals surface area contributed by atoms with E-state index < -0.39 is 23.8 Å². The van der Waals surface area contributed by atoms with Crippen molar-refractivity contribution in [3.8, 4) is 0 Å². The lowest BCUT2D eigenvalue weighted by molar-refractivity contribution is -0.154. The number of rotatable bonds is 8. The van der Waals surface area contributed by atoms with Gasteiger partial charge in [-0.15, -0.1) is 0 Å². The van der Waals surface area contributed by atoms with Crippen LogP contribution < -0.4 is 0 Å². The van der Waals surface area contributed by atoms with E-state index >= 15 is 0 Å². The maximum atomic E-state index is 13.3. The van der Waals surface area contributed by atoms with E-state index in [4.69, 9.17) is 23.7 Å². The molecular formula is C38H58O7. The molecule has 0 spiro atoms. The third kappa shape index (κ3) is 4.95. The van der Waals surface area contributed by atoms with Gasteiger partial charge in [0.15, 0.2) is 0 Å². The number of fused-ring (bicyclic) bond motifs is 5. The molecule has 5 aliphatic carbocycles. The van der Waals surface area contributed by atoms with Crippen LogP contribution in [0.3, 0.4) is 0 Å². The fourth-order valence-electron chi connectivity index (χ4n) is 9.93. The van der Waals surface area contributed by atoms with Crippen molar-refractivity contribution in [2.45, 2.75) is 133 Å². The largest absolute Gasteiger partial charge is 0.491 e. The molecule has 0 amide bonds. The van der Waals surface area contributed by atoms with E-state index in [0.29, 0.717) is 24.7 Å². The summed E-state index contributed by atoms with van der Waals surface area (Å²) in [5.74, 6) is -1.30. The van der Waals surface area contributed by atoms with Crippen LogP contribution in [0.2, 0.25) is 0 Å². The lowest BCUT2D eigenvalue weighted by Gasteiger charge is -2.41. The van der Waals surface area contributed by atoms with Crippen LogP contribution in [0.5, 0.6) is 0 Å². The second kappa shape index (κ2) is 10.3. The highest BCUT2D eigenvalue weighted by atomic mass is 16.6.